The molecule has 0 aliphatic heterocycles. The van der Waals surface area contributed by atoms with Crippen molar-refractivity contribution in [3.63, 3.8) is 0 Å². The molecule has 0 saturated heterocycles. The highest BCUT2D eigenvalue weighted by Gasteiger charge is 2.11. The van der Waals surface area contributed by atoms with Gasteiger partial charge in [0.2, 0.25) is 5.91 Å². The lowest BCUT2D eigenvalue weighted by molar-refractivity contribution is -0.121. The molecular weight excluding hydrogens is 270 g/mol. The van der Waals surface area contributed by atoms with Crippen molar-refractivity contribution in [2.45, 2.75) is 26.8 Å². The first-order valence-corrected chi connectivity index (χ1v) is 6.00. The predicted octanol–water partition coefficient (Wildman–Crippen LogP) is 2.09. The summed E-state index contributed by atoms with van der Waals surface area (Å²) in [4.78, 5) is 15.7. The van der Waals surface area contributed by atoms with E-state index in [9.17, 15) is 4.79 Å². The standard InChI is InChI=1S/C11H16BrN3O/c1-4-13-11(16)8(3)15-10-5-7(2)9(12)6-14-10/h5-6,8H,4H2,1-3H3,(H,13,16)(H,14,15). The van der Waals surface area contributed by atoms with Crippen LogP contribution in [-0.2, 0) is 4.79 Å². The van der Waals surface area contributed by atoms with Gasteiger partial charge < -0.3 is 10.6 Å². The average Bonchev–Trinajstić information content (AvgIpc) is 2.24. The van der Waals surface area contributed by atoms with Gasteiger partial charge in [0, 0.05) is 17.2 Å². The molecule has 88 valence electrons. The minimum Gasteiger partial charge on any atom is -0.359 e. The molecule has 0 fully saturated rings. The SMILES string of the molecule is CCNC(=O)C(C)Nc1cc(C)c(Br)cn1. The number of anilines is 1. The zero-order valence-electron chi connectivity index (χ0n) is 9.67. The molecule has 4 nitrogen and oxygen atoms in total. The van der Waals surface area contributed by atoms with Crippen LogP contribution in [0.3, 0.4) is 0 Å². The van der Waals surface area contributed by atoms with Crippen LogP contribution in [-0.4, -0.2) is 23.5 Å². The van der Waals surface area contributed by atoms with Crippen molar-refractivity contribution in [2.75, 3.05) is 11.9 Å². The second-order valence-corrected chi connectivity index (χ2v) is 4.43. The number of likely N-dealkylation sites (N-methyl/N-ethyl adjacent to an activating group) is 1. The third kappa shape index (κ3) is 3.48. The number of hydrogen-bond donors (Lipinski definition) is 2. The lowest BCUT2D eigenvalue weighted by atomic mass is 10.2. The first-order valence-electron chi connectivity index (χ1n) is 5.21. The topological polar surface area (TPSA) is 54.0 Å². The van der Waals surface area contributed by atoms with Gasteiger partial charge in [0.15, 0.2) is 0 Å². The second-order valence-electron chi connectivity index (χ2n) is 3.58. The number of amides is 1. The van der Waals surface area contributed by atoms with Crippen LogP contribution in [0.15, 0.2) is 16.7 Å². The van der Waals surface area contributed by atoms with E-state index >= 15 is 0 Å². The molecule has 0 saturated carbocycles. The van der Waals surface area contributed by atoms with E-state index in [-0.39, 0.29) is 11.9 Å². The highest BCUT2D eigenvalue weighted by atomic mass is 79.9. The van der Waals surface area contributed by atoms with Gasteiger partial charge in [-0.25, -0.2) is 4.98 Å². The summed E-state index contributed by atoms with van der Waals surface area (Å²) in [5, 5.41) is 5.80. The zero-order chi connectivity index (χ0) is 12.1. The van der Waals surface area contributed by atoms with Gasteiger partial charge in [-0.15, -0.1) is 0 Å². The number of carbonyl (C=O) groups excluding carboxylic acids is 1. The molecule has 1 rings (SSSR count). The Morgan fingerprint density at radius 1 is 1.62 bits per heavy atom. The molecule has 0 spiro atoms. The van der Waals surface area contributed by atoms with Crippen molar-refractivity contribution in [2.24, 2.45) is 0 Å². The van der Waals surface area contributed by atoms with Crippen LogP contribution in [0.25, 0.3) is 0 Å². The predicted molar refractivity (Wildman–Crippen MR) is 68.4 cm³/mol. The number of pyridine rings is 1. The molecular formula is C11H16BrN3O. The van der Waals surface area contributed by atoms with Crippen molar-refractivity contribution in [3.8, 4) is 0 Å². The third-order valence-corrected chi connectivity index (χ3v) is 2.99. The number of carbonyl (C=O) groups is 1. The Morgan fingerprint density at radius 2 is 2.31 bits per heavy atom. The maximum Gasteiger partial charge on any atom is 0.242 e. The van der Waals surface area contributed by atoms with Crippen LogP contribution >= 0.6 is 15.9 Å². The molecule has 0 radical (unpaired) electrons. The molecule has 16 heavy (non-hydrogen) atoms. The van der Waals surface area contributed by atoms with Crippen molar-refractivity contribution in [1.82, 2.24) is 10.3 Å². The normalized spacial score (nSPS) is 12.0. The first-order chi connectivity index (χ1) is 7.54. The number of nitrogens with one attached hydrogen (secondary N) is 2. The fourth-order valence-electron chi connectivity index (χ4n) is 1.23. The number of nitrogens with zero attached hydrogens (tertiary/aromatic N) is 1. The van der Waals surface area contributed by atoms with Crippen molar-refractivity contribution in [3.05, 3.63) is 22.3 Å². The summed E-state index contributed by atoms with van der Waals surface area (Å²) < 4.78 is 0.962. The molecule has 2 N–H and O–H groups in total. The minimum absolute atomic E-state index is 0.0233. The molecule has 0 aromatic carbocycles. The van der Waals surface area contributed by atoms with Gasteiger partial charge >= 0.3 is 0 Å². The summed E-state index contributed by atoms with van der Waals surface area (Å²) in [5.74, 6) is 0.685. The summed E-state index contributed by atoms with van der Waals surface area (Å²) in [6.07, 6.45) is 1.72. The highest BCUT2D eigenvalue weighted by molar-refractivity contribution is 9.10. The van der Waals surface area contributed by atoms with E-state index in [1.54, 1.807) is 6.20 Å². The van der Waals surface area contributed by atoms with Gasteiger partial charge in [-0.3, -0.25) is 4.79 Å². The monoisotopic (exact) mass is 285 g/mol. The smallest absolute Gasteiger partial charge is 0.242 e. The summed E-state index contributed by atoms with van der Waals surface area (Å²) >= 11 is 3.38. The summed E-state index contributed by atoms with van der Waals surface area (Å²) in [6.45, 7) is 6.32. The van der Waals surface area contributed by atoms with Crippen LogP contribution in [0.1, 0.15) is 19.4 Å². The molecule has 0 aliphatic rings. The summed E-state index contributed by atoms with van der Waals surface area (Å²) in [5.41, 5.74) is 1.08. The molecule has 1 unspecified atom stereocenters. The Labute approximate surface area is 104 Å². The fourth-order valence-corrected chi connectivity index (χ4v) is 1.45. The Bertz CT molecular complexity index is 381. The van der Waals surface area contributed by atoms with Gasteiger partial charge in [0.25, 0.3) is 0 Å². The number of aromatic nitrogens is 1. The van der Waals surface area contributed by atoms with E-state index in [1.807, 2.05) is 26.8 Å². The zero-order valence-corrected chi connectivity index (χ0v) is 11.3. The summed E-state index contributed by atoms with van der Waals surface area (Å²) in [7, 11) is 0. The fraction of sp³-hybridized carbons (Fsp3) is 0.455. The Kier molecular flexibility index (Phi) is 4.73. The van der Waals surface area contributed by atoms with E-state index < -0.39 is 0 Å². The first kappa shape index (κ1) is 13.0. The number of halogens is 1. The molecule has 5 heteroatoms. The second kappa shape index (κ2) is 5.84. The highest BCUT2D eigenvalue weighted by Crippen LogP contribution is 2.17. The van der Waals surface area contributed by atoms with Crippen LogP contribution in [0, 0.1) is 6.92 Å². The summed E-state index contributed by atoms with van der Waals surface area (Å²) in [6, 6.07) is 1.62. The molecule has 1 aromatic rings. The number of rotatable bonds is 4. The lowest BCUT2D eigenvalue weighted by Crippen LogP contribution is -2.37. The van der Waals surface area contributed by atoms with Gasteiger partial charge in [-0.1, -0.05) is 0 Å². The number of aryl methyl sites for hydroxylation is 1. The molecule has 1 atom stereocenters. The molecule has 0 aliphatic carbocycles. The van der Waals surface area contributed by atoms with E-state index in [1.165, 1.54) is 0 Å². The van der Waals surface area contributed by atoms with E-state index in [0.717, 1.165) is 10.0 Å². The molecule has 1 amide bonds. The third-order valence-electron chi connectivity index (χ3n) is 2.16. The van der Waals surface area contributed by atoms with Crippen LogP contribution < -0.4 is 10.6 Å². The quantitative estimate of drug-likeness (QED) is 0.891. The number of hydrogen-bond acceptors (Lipinski definition) is 3. The Hall–Kier alpha value is -1.10. The Morgan fingerprint density at radius 3 is 2.88 bits per heavy atom. The largest absolute Gasteiger partial charge is 0.359 e. The molecule has 1 heterocycles. The maximum atomic E-state index is 11.5. The van der Waals surface area contributed by atoms with E-state index in [2.05, 4.69) is 31.5 Å². The van der Waals surface area contributed by atoms with E-state index in [4.69, 9.17) is 0 Å². The van der Waals surface area contributed by atoms with Gasteiger partial charge in [0.05, 0.1) is 0 Å². The average molecular weight is 286 g/mol. The van der Waals surface area contributed by atoms with Crippen molar-refractivity contribution in [1.29, 1.82) is 0 Å². The lowest BCUT2D eigenvalue weighted by Gasteiger charge is -2.14. The Balaban J connectivity index is 2.66. The van der Waals surface area contributed by atoms with Crippen LogP contribution in [0.5, 0.6) is 0 Å². The maximum absolute atomic E-state index is 11.5. The van der Waals surface area contributed by atoms with Crippen LogP contribution in [0.4, 0.5) is 5.82 Å². The molecule has 1 aromatic heterocycles. The minimum atomic E-state index is -0.284. The van der Waals surface area contributed by atoms with Crippen LogP contribution in [0.2, 0.25) is 0 Å². The van der Waals surface area contributed by atoms with E-state index in [0.29, 0.717) is 12.4 Å². The van der Waals surface area contributed by atoms with Gasteiger partial charge in [-0.2, -0.15) is 0 Å². The van der Waals surface area contributed by atoms with Crippen molar-refractivity contribution >= 4 is 27.7 Å². The van der Waals surface area contributed by atoms with Gasteiger partial charge in [0.1, 0.15) is 11.9 Å². The van der Waals surface area contributed by atoms with Gasteiger partial charge in [-0.05, 0) is 48.3 Å². The molecule has 0 bridgehead atoms. The van der Waals surface area contributed by atoms with Crippen molar-refractivity contribution < 1.29 is 4.79 Å².